The van der Waals surface area contributed by atoms with E-state index in [4.69, 9.17) is 4.74 Å². The average molecular weight is 348 g/mol. The molecule has 2 rings (SSSR count). The van der Waals surface area contributed by atoms with Crippen molar-refractivity contribution < 1.29 is 9.53 Å². The Morgan fingerprint density at radius 3 is 2.71 bits per heavy atom. The van der Waals surface area contributed by atoms with Gasteiger partial charge in [0.05, 0.1) is 19.6 Å². The van der Waals surface area contributed by atoms with E-state index < -0.39 is 0 Å². The first-order valence-corrected chi connectivity index (χ1v) is 7.56. The lowest BCUT2D eigenvalue weighted by Gasteiger charge is -2.17. The highest BCUT2D eigenvalue weighted by atomic mass is 79.9. The van der Waals surface area contributed by atoms with Gasteiger partial charge in [-0.05, 0) is 30.7 Å². The van der Waals surface area contributed by atoms with Gasteiger partial charge in [-0.1, -0.05) is 46.3 Å². The molecule has 110 valence electrons. The van der Waals surface area contributed by atoms with Gasteiger partial charge < -0.3 is 10.1 Å². The van der Waals surface area contributed by atoms with Crippen LogP contribution in [0.15, 0.2) is 53.0 Å². The summed E-state index contributed by atoms with van der Waals surface area (Å²) in [7, 11) is 1.63. The number of methoxy groups -OCH3 is 1. The van der Waals surface area contributed by atoms with Crippen LogP contribution in [-0.4, -0.2) is 13.0 Å². The molecule has 0 saturated carbocycles. The van der Waals surface area contributed by atoms with Gasteiger partial charge in [0.2, 0.25) is 5.91 Å². The van der Waals surface area contributed by atoms with E-state index in [0.717, 1.165) is 21.3 Å². The molecule has 1 unspecified atom stereocenters. The molecule has 0 heterocycles. The first kappa shape index (κ1) is 15.6. The summed E-state index contributed by atoms with van der Waals surface area (Å²) in [5.74, 6) is 0.777. The van der Waals surface area contributed by atoms with Crippen LogP contribution in [0, 0.1) is 0 Å². The standard InChI is InChI=1S/C17H18BrNO2/c1-12(15-8-3-4-9-16(15)21-2)19-17(20)11-13-6-5-7-14(18)10-13/h3-10,12H,11H2,1-2H3,(H,19,20). The van der Waals surface area contributed by atoms with E-state index in [1.54, 1.807) is 7.11 Å². The highest BCUT2D eigenvalue weighted by Gasteiger charge is 2.13. The van der Waals surface area contributed by atoms with Crippen LogP contribution >= 0.6 is 15.9 Å². The van der Waals surface area contributed by atoms with Gasteiger partial charge in [0.25, 0.3) is 0 Å². The number of benzene rings is 2. The number of nitrogens with one attached hydrogen (secondary N) is 1. The molecule has 0 fully saturated rings. The Morgan fingerprint density at radius 2 is 2.00 bits per heavy atom. The van der Waals surface area contributed by atoms with Crippen LogP contribution in [0.3, 0.4) is 0 Å². The molecule has 0 aliphatic rings. The normalized spacial score (nSPS) is 11.8. The maximum absolute atomic E-state index is 12.1. The van der Waals surface area contributed by atoms with Crippen LogP contribution in [0.5, 0.6) is 5.75 Å². The Kier molecular flexibility index (Phi) is 5.39. The lowest BCUT2D eigenvalue weighted by Crippen LogP contribution is -2.28. The molecule has 0 aliphatic heterocycles. The van der Waals surface area contributed by atoms with E-state index in [2.05, 4.69) is 21.2 Å². The van der Waals surface area contributed by atoms with E-state index in [-0.39, 0.29) is 11.9 Å². The summed E-state index contributed by atoms with van der Waals surface area (Å²) in [4.78, 5) is 12.1. The number of carbonyl (C=O) groups excluding carboxylic acids is 1. The Labute approximate surface area is 133 Å². The fraction of sp³-hybridized carbons (Fsp3) is 0.235. The number of ether oxygens (including phenoxy) is 1. The number of halogens is 1. The first-order chi connectivity index (χ1) is 10.1. The summed E-state index contributed by atoms with van der Waals surface area (Å²) in [6.07, 6.45) is 0.360. The highest BCUT2D eigenvalue weighted by Crippen LogP contribution is 2.24. The molecule has 21 heavy (non-hydrogen) atoms. The minimum Gasteiger partial charge on any atom is -0.496 e. The molecule has 2 aromatic rings. The number of rotatable bonds is 5. The summed E-state index contributed by atoms with van der Waals surface area (Å²) in [6.45, 7) is 1.96. The second-order valence-corrected chi connectivity index (χ2v) is 5.75. The van der Waals surface area contributed by atoms with Crippen molar-refractivity contribution in [3.63, 3.8) is 0 Å². The van der Waals surface area contributed by atoms with Crippen molar-refractivity contribution in [2.24, 2.45) is 0 Å². The summed E-state index contributed by atoms with van der Waals surface area (Å²) in [6, 6.07) is 15.4. The molecule has 0 aliphatic carbocycles. The fourth-order valence-corrected chi connectivity index (χ4v) is 2.67. The number of hydrogen-bond donors (Lipinski definition) is 1. The molecule has 0 radical (unpaired) electrons. The first-order valence-electron chi connectivity index (χ1n) is 6.77. The lowest BCUT2D eigenvalue weighted by atomic mass is 10.1. The zero-order valence-corrected chi connectivity index (χ0v) is 13.7. The largest absolute Gasteiger partial charge is 0.496 e. The third-order valence-corrected chi connectivity index (χ3v) is 3.73. The second-order valence-electron chi connectivity index (χ2n) is 4.84. The minimum atomic E-state index is -0.0965. The van der Waals surface area contributed by atoms with Crippen molar-refractivity contribution >= 4 is 21.8 Å². The molecule has 4 heteroatoms. The molecule has 2 aromatic carbocycles. The van der Waals surface area contributed by atoms with Gasteiger partial charge in [-0.2, -0.15) is 0 Å². The van der Waals surface area contributed by atoms with Crippen molar-refractivity contribution in [3.05, 3.63) is 64.1 Å². The van der Waals surface area contributed by atoms with Gasteiger partial charge in [0.1, 0.15) is 5.75 Å². The summed E-state index contributed by atoms with van der Waals surface area (Å²) >= 11 is 3.41. The Hall–Kier alpha value is -1.81. The van der Waals surface area contributed by atoms with Crippen molar-refractivity contribution in [2.75, 3.05) is 7.11 Å². The van der Waals surface area contributed by atoms with E-state index in [1.807, 2.05) is 55.5 Å². The Bertz CT molecular complexity index is 628. The predicted molar refractivity (Wildman–Crippen MR) is 87.4 cm³/mol. The fourth-order valence-electron chi connectivity index (χ4n) is 2.23. The van der Waals surface area contributed by atoms with Crippen molar-refractivity contribution in [2.45, 2.75) is 19.4 Å². The van der Waals surface area contributed by atoms with Crippen molar-refractivity contribution in [3.8, 4) is 5.75 Å². The molecule has 0 spiro atoms. The van der Waals surface area contributed by atoms with Crippen molar-refractivity contribution in [1.82, 2.24) is 5.32 Å². The molecule has 1 atom stereocenters. The van der Waals surface area contributed by atoms with Gasteiger partial charge in [0.15, 0.2) is 0 Å². The monoisotopic (exact) mass is 347 g/mol. The van der Waals surface area contributed by atoms with Gasteiger partial charge in [-0.25, -0.2) is 0 Å². The molecule has 0 bridgehead atoms. The van der Waals surface area contributed by atoms with E-state index in [1.165, 1.54) is 0 Å². The Balaban J connectivity index is 2.02. The number of carbonyl (C=O) groups is 1. The zero-order valence-electron chi connectivity index (χ0n) is 12.1. The summed E-state index contributed by atoms with van der Waals surface area (Å²) in [5, 5.41) is 3.00. The number of amides is 1. The molecule has 3 nitrogen and oxygen atoms in total. The van der Waals surface area contributed by atoms with E-state index >= 15 is 0 Å². The van der Waals surface area contributed by atoms with Crippen LogP contribution in [0.25, 0.3) is 0 Å². The number of hydrogen-bond acceptors (Lipinski definition) is 2. The van der Waals surface area contributed by atoms with Crippen LogP contribution in [0.1, 0.15) is 24.1 Å². The van der Waals surface area contributed by atoms with Crippen LogP contribution in [-0.2, 0) is 11.2 Å². The Morgan fingerprint density at radius 1 is 1.24 bits per heavy atom. The van der Waals surface area contributed by atoms with Gasteiger partial charge in [-0.3, -0.25) is 4.79 Å². The third kappa shape index (κ3) is 4.33. The second kappa shape index (κ2) is 7.27. The predicted octanol–water partition coefficient (Wildman–Crippen LogP) is 3.88. The quantitative estimate of drug-likeness (QED) is 0.891. The molecular weight excluding hydrogens is 330 g/mol. The molecular formula is C17H18BrNO2. The summed E-state index contributed by atoms with van der Waals surface area (Å²) in [5.41, 5.74) is 1.96. The summed E-state index contributed by atoms with van der Waals surface area (Å²) < 4.78 is 6.30. The zero-order chi connectivity index (χ0) is 15.2. The van der Waals surface area contributed by atoms with Gasteiger partial charge >= 0.3 is 0 Å². The average Bonchev–Trinajstić information content (AvgIpc) is 2.47. The smallest absolute Gasteiger partial charge is 0.224 e. The molecule has 0 aromatic heterocycles. The third-order valence-electron chi connectivity index (χ3n) is 3.24. The topological polar surface area (TPSA) is 38.3 Å². The maximum Gasteiger partial charge on any atom is 0.224 e. The van der Waals surface area contributed by atoms with Gasteiger partial charge in [-0.15, -0.1) is 0 Å². The molecule has 1 N–H and O–H groups in total. The van der Waals surface area contributed by atoms with Crippen LogP contribution < -0.4 is 10.1 Å². The van der Waals surface area contributed by atoms with Crippen LogP contribution in [0.2, 0.25) is 0 Å². The number of para-hydroxylation sites is 1. The van der Waals surface area contributed by atoms with Crippen molar-refractivity contribution in [1.29, 1.82) is 0 Å². The molecule has 0 saturated heterocycles. The highest BCUT2D eigenvalue weighted by molar-refractivity contribution is 9.10. The van der Waals surface area contributed by atoms with E-state index in [0.29, 0.717) is 6.42 Å². The van der Waals surface area contributed by atoms with Crippen LogP contribution in [0.4, 0.5) is 0 Å². The lowest BCUT2D eigenvalue weighted by molar-refractivity contribution is -0.121. The van der Waals surface area contributed by atoms with E-state index in [9.17, 15) is 4.79 Å². The maximum atomic E-state index is 12.1. The SMILES string of the molecule is COc1ccccc1C(C)NC(=O)Cc1cccc(Br)c1. The minimum absolute atomic E-state index is 0.00786. The van der Waals surface area contributed by atoms with Gasteiger partial charge in [0, 0.05) is 10.0 Å². The molecule has 1 amide bonds.